The maximum absolute atomic E-state index is 2.47. The first-order valence-electron chi connectivity index (χ1n) is 7.60. The van der Waals surface area contributed by atoms with Gasteiger partial charge in [-0.05, 0) is 37.6 Å². The van der Waals surface area contributed by atoms with Crippen LogP contribution in [0.2, 0.25) is 0 Å². The van der Waals surface area contributed by atoms with Crippen LogP contribution in [-0.2, 0) is 0 Å². The molecule has 0 N–H and O–H groups in total. The summed E-state index contributed by atoms with van der Waals surface area (Å²) in [6.45, 7) is 6.55. The Balaban J connectivity index is 2.13. The molecule has 0 unspecified atom stereocenters. The fourth-order valence-corrected chi connectivity index (χ4v) is 3.00. The average Bonchev–Trinajstić information content (AvgIpc) is 2.51. The first-order chi connectivity index (χ1) is 9.86. The standard InChI is InChI=1S/C18H22N2/c1-3-5-14-20-17-12-8-6-10-15(17)19(4-2)16-11-7-9-13-18(16)20/h6-13H,3-5,14H2,1-2H3. The number of fused-ring (bicyclic) bond motifs is 2. The van der Waals surface area contributed by atoms with E-state index in [4.69, 9.17) is 0 Å². The molecule has 0 spiro atoms. The Hall–Kier alpha value is -1.96. The Morgan fingerprint density at radius 3 is 1.55 bits per heavy atom. The molecule has 2 aromatic rings. The number of anilines is 4. The van der Waals surface area contributed by atoms with Gasteiger partial charge in [-0.15, -0.1) is 0 Å². The van der Waals surface area contributed by atoms with Crippen molar-refractivity contribution in [2.45, 2.75) is 26.7 Å². The van der Waals surface area contributed by atoms with Crippen molar-refractivity contribution in [2.75, 3.05) is 22.9 Å². The quantitative estimate of drug-likeness (QED) is 0.760. The SMILES string of the molecule is CCCCN1c2ccccc2N(CC)c2ccccc21. The van der Waals surface area contributed by atoms with Crippen molar-refractivity contribution in [3.05, 3.63) is 48.5 Å². The number of nitrogens with zero attached hydrogens (tertiary/aromatic N) is 2. The van der Waals surface area contributed by atoms with E-state index in [9.17, 15) is 0 Å². The second kappa shape index (κ2) is 5.58. The summed E-state index contributed by atoms with van der Waals surface area (Å²) in [5, 5.41) is 0. The fraction of sp³-hybridized carbons (Fsp3) is 0.333. The molecule has 104 valence electrons. The summed E-state index contributed by atoms with van der Waals surface area (Å²) in [6.07, 6.45) is 2.44. The van der Waals surface area contributed by atoms with Crippen LogP contribution in [0.4, 0.5) is 22.7 Å². The molecule has 1 heterocycles. The number of unbranched alkanes of at least 4 members (excludes halogenated alkanes) is 1. The Labute approximate surface area is 121 Å². The molecule has 20 heavy (non-hydrogen) atoms. The van der Waals surface area contributed by atoms with Crippen molar-refractivity contribution in [2.24, 2.45) is 0 Å². The predicted octanol–water partition coefficient (Wildman–Crippen LogP) is 5.10. The number of rotatable bonds is 4. The molecule has 3 rings (SSSR count). The van der Waals surface area contributed by atoms with Crippen molar-refractivity contribution in [3.8, 4) is 0 Å². The molecule has 0 amide bonds. The smallest absolute Gasteiger partial charge is 0.0652 e. The maximum atomic E-state index is 2.47. The lowest BCUT2D eigenvalue weighted by atomic mass is 10.1. The minimum Gasteiger partial charge on any atom is -0.338 e. The highest BCUT2D eigenvalue weighted by atomic mass is 15.3. The minimum absolute atomic E-state index is 0.996. The third-order valence-corrected chi connectivity index (χ3v) is 3.98. The lowest BCUT2D eigenvalue weighted by Crippen LogP contribution is -2.30. The van der Waals surface area contributed by atoms with Crippen LogP contribution >= 0.6 is 0 Å². The van der Waals surface area contributed by atoms with E-state index in [1.165, 1.54) is 35.6 Å². The van der Waals surface area contributed by atoms with E-state index in [1.807, 2.05) is 0 Å². The average molecular weight is 266 g/mol. The van der Waals surface area contributed by atoms with Gasteiger partial charge < -0.3 is 9.80 Å². The lowest BCUT2D eigenvalue weighted by molar-refractivity contribution is 0.779. The van der Waals surface area contributed by atoms with Crippen LogP contribution in [0.3, 0.4) is 0 Å². The Morgan fingerprint density at radius 2 is 1.15 bits per heavy atom. The zero-order chi connectivity index (χ0) is 13.9. The molecule has 2 heteroatoms. The molecule has 1 aliphatic rings. The van der Waals surface area contributed by atoms with Crippen LogP contribution in [0.5, 0.6) is 0 Å². The third-order valence-electron chi connectivity index (χ3n) is 3.98. The number of benzene rings is 2. The first-order valence-corrected chi connectivity index (χ1v) is 7.60. The summed E-state index contributed by atoms with van der Waals surface area (Å²) < 4.78 is 0. The summed E-state index contributed by atoms with van der Waals surface area (Å²) in [5.41, 5.74) is 5.32. The van der Waals surface area contributed by atoms with Crippen molar-refractivity contribution in [3.63, 3.8) is 0 Å². The van der Waals surface area contributed by atoms with Crippen LogP contribution in [-0.4, -0.2) is 13.1 Å². The lowest BCUT2D eigenvalue weighted by Gasteiger charge is -2.40. The monoisotopic (exact) mass is 266 g/mol. The fourth-order valence-electron chi connectivity index (χ4n) is 3.00. The van der Waals surface area contributed by atoms with Crippen LogP contribution in [0.15, 0.2) is 48.5 Å². The first kappa shape index (κ1) is 13.0. The molecular weight excluding hydrogens is 244 g/mol. The molecule has 0 atom stereocenters. The van der Waals surface area contributed by atoms with Crippen molar-refractivity contribution in [1.29, 1.82) is 0 Å². The molecule has 2 nitrogen and oxygen atoms in total. The van der Waals surface area contributed by atoms with E-state index in [0.29, 0.717) is 0 Å². The van der Waals surface area contributed by atoms with Gasteiger partial charge in [0.25, 0.3) is 0 Å². The second-order valence-electron chi connectivity index (χ2n) is 5.23. The van der Waals surface area contributed by atoms with Gasteiger partial charge in [0, 0.05) is 13.1 Å². The van der Waals surface area contributed by atoms with Gasteiger partial charge >= 0.3 is 0 Å². The Bertz CT molecular complexity index is 544. The summed E-state index contributed by atoms with van der Waals surface area (Å²) in [5.74, 6) is 0. The number of hydrogen-bond donors (Lipinski definition) is 0. The van der Waals surface area contributed by atoms with Gasteiger partial charge in [-0.2, -0.15) is 0 Å². The van der Waals surface area contributed by atoms with E-state index >= 15 is 0 Å². The maximum Gasteiger partial charge on any atom is 0.0652 e. The van der Waals surface area contributed by atoms with E-state index in [-0.39, 0.29) is 0 Å². The highest BCUT2D eigenvalue weighted by molar-refractivity contribution is 5.92. The van der Waals surface area contributed by atoms with Crippen LogP contribution < -0.4 is 9.80 Å². The molecule has 0 fully saturated rings. The van der Waals surface area contributed by atoms with Gasteiger partial charge in [-0.25, -0.2) is 0 Å². The Kier molecular flexibility index (Phi) is 3.64. The molecule has 0 aromatic heterocycles. The Morgan fingerprint density at radius 1 is 0.700 bits per heavy atom. The largest absolute Gasteiger partial charge is 0.338 e. The van der Waals surface area contributed by atoms with Crippen molar-refractivity contribution in [1.82, 2.24) is 0 Å². The molecule has 0 saturated heterocycles. The topological polar surface area (TPSA) is 6.48 Å². The van der Waals surface area contributed by atoms with Crippen LogP contribution in [0.25, 0.3) is 0 Å². The number of para-hydroxylation sites is 4. The minimum atomic E-state index is 0.996. The molecular formula is C18H22N2. The van der Waals surface area contributed by atoms with Gasteiger partial charge in [0.1, 0.15) is 0 Å². The van der Waals surface area contributed by atoms with Gasteiger partial charge in [0.05, 0.1) is 22.7 Å². The van der Waals surface area contributed by atoms with E-state index in [1.54, 1.807) is 0 Å². The normalized spacial score (nSPS) is 13.1. The van der Waals surface area contributed by atoms with Gasteiger partial charge in [-0.1, -0.05) is 37.6 Å². The van der Waals surface area contributed by atoms with E-state index in [2.05, 4.69) is 72.2 Å². The van der Waals surface area contributed by atoms with E-state index < -0.39 is 0 Å². The zero-order valence-electron chi connectivity index (χ0n) is 12.3. The highest BCUT2D eigenvalue weighted by Crippen LogP contribution is 2.47. The van der Waals surface area contributed by atoms with Crippen molar-refractivity contribution < 1.29 is 0 Å². The zero-order valence-corrected chi connectivity index (χ0v) is 12.3. The summed E-state index contributed by atoms with van der Waals surface area (Å²) in [4.78, 5) is 4.88. The summed E-state index contributed by atoms with van der Waals surface area (Å²) >= 11 is 0. The van der Waals surface area contributed by atoms with Gasteiger partial charge in [0.15, 0.2) is 0 Å². The van der Waals surface area contributed by atoms with Gasteiger partial charge in [-0.3, -0.25) is 0 Å². The van der Waals surface area contributed by atoms with Gasteiger partial charge in [0.2, 0.25) is 0 Å². The molecule has 0 aliphatic carbocycles. The highest BCUT2D eigenvalue weighted by Gasteiger charge is 2.26. The third kappa shape index (κ3) is 2.05. The molecule has 0 bridgehead atoms. The van der Waals surface area contributed by atoms with E-state index in [0.717, 1.165) is 13.1 Å². The molecule has 2 aromatic carbocycles. The van der Waals surface area contributed by atoms with Crippen LogP contribution in [0.1, 0.15) is 26.7 Å². The molecule has 0 saturated carbocycles. The summed E-state index contributed by atoms with van der Waals surface area (Å²) in [7, 11) is 0. The molecule has 1 aliphatic heterocycles. The number of hydrogen-bond acceptors (Lipinski definition) is 2. The second-order valence-corrected chi connectivity index (χ2v) is 5.23. The predicted molar refractivity (Wildman–Crippen MR) is 87.5 cm³/mol. The molecule has 0 radical (unpaired) electrons. The van der Waals surface area contributed by atoms with Crippen LogP contribution in [0, 0.1) is 0 Å². The van der Waals surface area contributed by atoms with Crippen molar-refractivity contribution >= 4 is 22.7 Å². The summed E-state index contributed by atoms with van der Waals surface area (Å²) in [6, 6.07) is 17.5.